The molecule has 1 aliphatic heterocycles. The summed E-state index contributed by atoms with van der Waals surface area (Å²) in [6.07, 6.45) is 8.81. The molecule has 1 aromatic heterocycles. The summed E-state index contributed by atoms with van der Waals surface area (Å²) in [5.74, 6) is 1.59. The molecule has 1 saturated carbocycles. The first-order chi connectivity index (χ1) is 26.8. The highest BCUT2D eigenvalue weighted by Crippen LogP contribution is 2.49. The van der Waals surface area contributed by atoms with Crippen LogP contribution in [0, 0.1) is 30.6 Å². The van der Waals surface area contributed by atoms with Gasteiger partial charge in [-0.3, -0.25) is 9.78 Å². The molecule has 2 aliphatic rings. The third kappa shape index (κ3) is 10.2. The number of aldehydes is 1. The maximum Gasteiger partial charge on any atom is 0.407 e. The molecule has 1 amide bonds. The van der Waals surface area contributed by atoms with Crippen molar-refractivity contribution in [3.63, 3.8) is 0 Å². The van der Waals surface area contributed by atoms with Crippen molar-refractivity contribution in [2.45, 2.75) is 91.6 Å². The summed E-state index contributed by atoms with van der Waals surface area (Å²) in [6, 6.07) is 19.5. The molecule has 0 unspecified atom stereocenters. The van der Waals surface area contributed by atoms with Gasteiger partial charge in [-0.15, -0.1) is 0 Å². The number of nitrogens with zero attached hydrogens (tertiary/aromatic N) is 3. The fourth-order valence-electron chi connectivity index (χ4n) is 7.71. The number of halogens is 1. The monoisotopic (exact) mass is 778 g/mol. The topological polar surface area (TPSA) is 123 Å². The van der Waals surface area contributed by atoms with Gasteiger partial charge in [0.15, 0.2) is 6.29 Å². The Bertz CT molecular complexity index is 2070. The lowest BCUT2D eigenvalue weighted by atomic mass is 9.60. The van der Waals surface area contributed by atoms with Gasteiger partial charge in [-0.05, 0) is 131 Å². The average Bonchev–Trinajstić information content (AvgIpc) is 3.16. The molecule has 0 radical (unpaired) electrons. The van der Waals surface area contributed by atoms with Crippen LogP contribution in [0.1, 0.15) is 91.1 Å². The SMILES string of the molecule is Cc1c(COc2cc(OCc3cncc(C#N)c3)c(C=O)cc2Cl)cccc1-c1cccc(OCCCN2CCC3(CC2)CC(NC(=O)OC(C)(C)C)C3)c1C. The van der Waals surface area contributed by atoms with Crippen LogP contribution < -0.4 is 19.5 Å². The van der Waals surface area contributed by atoms with E-state index in [9.17, 15) is 14.9 Å². The summed E-state index contributed by atoms with van der Waals surface area (Å²) in [7, 11) is 0. The number of amides is 1. The number of hydrogen-bond donors (Lipinski definition) is 1. The number of aromatic nitrogens is 1. The molecule has 3 aromatic carbocycles. The molecule has 0 atom stereocenters. The first-order valence-electron chi connectivity index (χ1n) is 19.3. The van der Waals surface area contributed by atoms with E-state index in [1.807, 2.05) is 45.0 Å². The molecule has 6 rings (SSSR count). The average molecular weight is 779 g/mol. The van der Waals surface area contributed by atoms with Gasteiger partial charge in [0.2, 0.25) is 0 Å². The van der Waals surface area contributed by atoms with Gasteiger partial charge in [0, 0.05) is 36.6 Å². The molecule has 4 aromatic rings. The number of alkyl carbamates (subject to hydrolysis) is 1. The second kappa shape index (κ2) is 17.8. The summed E-state index contributed by atoms with van der Waals surface area (Å²) in [4.78, 5) is 30.6. The van der Waals surface area contributed by atoms with Crippen molar-refractivity contribution in [1.29, 1.82) is 5.26 Å². The van der Waals surface area contributed by atoms with E-state index in [-0.39, 0.29) is 25.3 Å². The molecule has 1 spiro atoms. The molecular formula is C45H51ClN4O6. The molecule has 2 heterocycles. The molecule has 56 heavy (non-hydrogen) atoms. The van der Waals surface area contributed by atoms with E-state index in [4.69, 9.17) is 30.5 Å². The van der Waals surface area contributed by atoms with E-state index in [1.165, 1.54) is 25.1 Å². The third-order valence-corrected chi connectivity index (χ3v) is 11.1. The first kappa shape index (κ1) is 40.6. The van der Waals surface area contributed by atoms with E-state index in [1.54, 1.807) is 18.3 Å². The summed E-state index contributed by atoms with van der Waals surface area (Å²) in [5, 5.41) is 12.5. The highest BCUT2D eigenvalue weighted by Gasteiger charge is 2.46. The zero-order valence-electron chi connectivity index (χ0n) is 33.0. The number of likely N-dealkylation sites (tertiary alicyclic amines) is 1. The lowest BCUT2D eigenvalue weighted by Crippen LogP contribution is -2.55. The Balaban J connectivity index is 1.000. The van der Waals surface area contributed by atoms with E-state index in [0.29, 0.717) is 51.5 Å². The van der Waals surface area contributed by atoms with Crippen LogP contribution in [0.2, 0.25) is 5.02 Å². The molecule has 0 bridgehead atoms. The Kier molecular flexibility index (Phi) is 12.9. The fourth-order valence-corrected chi connectivity index (χ4v) is 7.93. The smallest absolute Gasteiger partial charge is 0.407 e. The molecule has 1 saturated heterocycles. The maximum absolute atomic E-state index is 12.2. The van der Waals surface area contributed by atoms with Crippen LogP contribution in [0.25, 0.3) is 11.1 Å². The van der Waals surface area contributed by atoms with Gasteiger partial charge in [0.05, 0.1) is 22.8 Å². The minimum atomic E-state index is -0.479. The Labute approximate surface area is 335 Å². The highest BCUT2D eigenvalue weighted by molar-refractivity contribution is 6.32. The Morgan fingerprint density at radius 2 is 1.68 bits per heavy atom. The van der Waals surface area contributed by atoms with Crippen molar-refractivity contribution in [3.05, 3.63) is 105 Å². The van der Waals surface area contributed by atoms with E-state index in [0.717, 1.165) is 72.5 Å². The third-order valence-electron chi connectivity index (χ3n) is 10.8. The minimum Gasteiger partial charge on any atom is -0.493 e. The summed E-state index contributed by atoms with van der Waals surface area (Å²) in [6.45, 7) is 14.0. The van der Waals surface area contributed by atoms with Crippen molar-refractivity contribution in [2.75, 3.05) is 26.2 Å². The van der Waals surface area contributed by atoms with Gasteiger partial charge >= 0.3 is 6.09 Å². The Morgan fingerprint density at radius 1 is 0.964 bits per heavy atom. The molecule has 10 nitrogen and oxygen atoms in total. The number of rotatable bonds is 14. The van der Waals surface area contributed by atoms with Gasteiger partial charge < -0.3 is 29.2 Å². The van der Waals surface area contributed by atoms with Crippen LogP contribution >= 0.6 is 11.6 Å². The fraction of sp³-hybridized carbons (Fsp3) is 0.422. The summed E-state index contributed by atoms with van der Waals surface area (Å²) in [5.41, 5.74) is 6.63. The van der Waals surface area contributed by atoms with Crippen molar-refractivity contribution in [3.8, 4) is 34.4 Å². The number of benzene rings is 3. The number of hydrogen-bond acceptors (Lipinski definition) is 9. The largest absolute Gasteiger partial charge is 0.493 e. The quantitative estimate of drug-likeness (QED) is 0.0985. The number of nitriles is 1. The van der Waals surface area contributed by atoms with Crippen LogP contribution in [0.4, 0.5) is 4.79 Å². The Hall–Kier alpha value is -5.11. The molecule has 11 heteroatoms. The zero-order valence-corrected chi connectivity index (χ0v) is 33.7. The summed E-state index contributed by atoms with van der Waals surface area (Å²) < 4.78 is 23.9. The second-order valence-electron chi connectivity index (χ2n) is 16.0. The van der Waals surface area contributed by atoms with Gasteiger partial charge in [-0.1, -0.05) is 41.9 Å². The summed E-state index contributed by atoms with van der Waals surface area (Å²) >= 11 is 6.54. The van der Waals surface area contributed by atoms with Crippen LogP contribution in [0.3, 0.4) is 0 Å². The van der Waals surface area contributed by atoms with Gasteiger partial charge in [0.1, 0.15) is 42.1 Å². The van der Waals surface area contributed by atoms with Crippen molar-refractivity contribution in [2.24, 2.45) is 5.41 Å². The van der Waals surface area contributed by atoms with Crippen molar-refractivity contribution in [1.82, 2.24) is 15.2 Å². The predicted octanol–water partition coefficient (Wildman–Crippen LogP) is 9.40. The van der Waals surface area contributed by atoms with Crippen molar-refractivity contribution >= 4 is 24.0 Å². The van der Waals surface area contributed by atoms with Crippen LogP contribution in [0.15, 0.2) is 67.0 Å². The molecule has 2 fully saturated rings. The first-order valence-corrected chi connectivity index (χ1v) is 19.6. The number of ether oxygens (including phenoxy) is 4. The number of carbonyl (C=O) groups is 2. The second-order valence-corrected chi connectivity index (χ2v) is 16.4. The van der Waals surface area contributed by atoms with Crippen LogP contribution in [-0.2, 0) is 18.0 Å². The van der Waals surface area contributed by atoms with Gasteiger partial charge in [-0.2, -0.15) is 5.26 Å². The van der Waals surface area contributed by atoms with Gasteiger partial charge in [0.25, 0.3) is 0 Å². The van der Waals surface area contributed by atoms with E-state index < -0.39 is 5.60 Å². The lowest BCUT2D eigenvalue weighted by Gasteiger charge is -2.52. The number of carbonyl (C=O) groups excluding carboxylic acids is 2. The maximum atomic E-state index is 12.2. The van der Waals surface area contributed by atoms with Gasteiger partial charge in [-0.25, -0.2) is 4.79 Å². The van der Waals surface area contributed by atoms with Crippen LogP contribution in [0.5, 0.6) is 17.2 Å². The van der Waals surface area contributed by atoms with E-state index in [2.05, 4.69) is 47.3 Å². The van der Waals surface area contributed by atoms with Crippen molar-refractivity contribution < 1.29 is 28.5 Å². The zero-order chi connectivity index (χ0) is 39.9. The lowest BCUT2D eigenvalue weighted by molar-refractivity contribution is -0.00310. The Morgan fingerprint density at radius 3 is 2.39 bits per heavy atom. The molecule has 294 valence electrons. The molecule has 1 aliphatic carbocycles. The van der Waals surface area contributed by atoms with E-state index >= 15 is 0 Å². The predicted molar refractivity (Wildman–Crippen MR) is 216 cm³/mol. The minimum absolute atomic E-state index is 0.117. The van der Waals surface area contributed by atoms with Crippen LogP contribution in [-0.4, -0.2) is 60.1 Å². The normalized spacial score (nSPS) is 15.4. The number of nitrogens with one attached hydrogen (secondary N) is 1. The number of pyridine rings is 1. The number of piperidine rings is 1. The standard InChI is InChI=1S/C45H51ClN4O6/c1-30-34(29-55-42-21-41(35(27-51)20-39(42)46)54-28-33-19-32(24-47)25-48-26-33)9-6-10-37(30)38-11-7-12-40(31(38)2)53-18-8-15-50-16-13-45(14-17-50)22-36(23-45)49-43(52)56-44(3,4)5/h6-7,9-12,19-21,25-27,36H,8,13-18,22-23,28-29H2,1-5H3,(H,49,52). The highest BCUT2D eigenvalue weighted by atomic mass is 35.5. The molecule has 1 N–H and O–H groups in total. The molecular weight excluding hydrogens is 728 g/mol.